The van der Waals surface area contributed by atoms with E-state index >= 15 is 0 Å². The molecular weight excluding hydrogens is 280 g/mol. The summed E-state index contributed by atoms with van der Waals surface area (Å²) in [6.45, 7) is 6.70. The van der Waals surface area contributed by atoms with E-state index in [4.69, 9.17) is 4.42 Å². The summed E-state index contributed by atoms with van der Waals surface area (Å²) in [7, 11) is 0. The van der Waals surface area contributed by atoms with E-state index in [0.717, 1.165) is 17.5 Å². The Kier molecular flexibility index (Phi) is 4.09. The molecule has 1 amide bonds. The van der Waals surface area contributed by atoms with Gasteiger partial charge in [0.25, 0.3) is 5.91 Å². The summed E-state index contributed by atoms with van der Waals surface area (Å²) >= 11 is 0. The first-order chi connectivity index (χ1) is 10.7. The van der Waals surface area contributed by atoms with Crippen LogP contribution in [0, 0.1) is 6.92 Å². The van der Waals surface area contributed by atoms with E-state index in [9.17, 15) is 4.79 Å². The van der Waals surface area contributed by atoms with E-state index < -0.39 is 0 Å². The molecule has 0 bridgehead atoms. The van der Waals surface area contributed by atoms with E-state index in [1.165, 1.54) is 0 Å². The fourth-order valence-electron chi connectivity index (χ4n) is 2.60. The van der Waals surface area contributed by atoms with E-state index in [1.807, 2.05) is 47.9 Å². The minimum absolute atomic E-state index is 0.0949. The van der Waals surface area contributed by atoms with Crippen LogP contribution < -0.4 is 4.90 Å². The largest absolute Gasteiger partial charge is 0.408 e. The molecule has 6 nitrogen and oxygen atoms in total. The highest BCUT2D eigenvalue weighted by Gasteiger charge is 2.25. The predicted octanol–water partition coefficient (Wildman–Crippen LogP) is 1.90. The van der Waals surface area contributed by atoms with Crippen LogP contribution in [-0.4, -0.2) is 47.2 Å². The molecule has 0 N–H and O–H groups in total. The molecule has 0 spiro atoms. The maximum atomic E-state index is 12.6. The summed E-state index contributed by atoms with van der Waals surface area (Å²) in [4.78, 5) is 16.5. The van der Waals surface area contributed by atoms with Gasteiger partial charge < -0.3 is 14.2 Å². The Morgan fingerprint density at radius 1 is 1.18 bits per heavy atom. The fourth-order valence-corrected chi connectivity index (χ4v) is 2.60. The number of nitrogens with zero attached hydrogens (tertiary/aromatic N) is 4. The van der Waals surface area contributed by atoms with Crippen molar-refractivity contribution < 1.29 is 9.21 Å². The van der Waals surface area contributed by atoms with Crippen LogP contribution in [-0.2, 0) is 6.42 Å². The maximum absolute atomic E-state index is 12.6. The van der Waals surface area contributed by atoms with Crippen LogP contribution >= 0.6 is 0 Å². The van der Waals surface area contributed by atoms with Gasteiger partial charge in [-0.1, -0.05) is 30.2 Å². The Bertz CT molecular complexity index is 660. The van der Waals surface area contributed by atoms with Crippen molar-refractivity contribution in [3.8, 4) is 0 Å². The summed E-state index contributed by atoms with van der Waals surface area (Å²) < 4.78 is 5.57. The standard InChI is InChI=1S/C16H20N4O2/c1-3-14-17-18-16(22-14)20-10-8-19(9-11-20)15(21)13-7-5-4-6-12(13)2/h4-7H,3,8-11H2,1-2H3. The fraction of sp³-hybridized carbons (Fsp3) is 0.438. The highest BCUT2D eigenvalue weighted by Crippen LogP contribution is 2.17. The van der Waals surface area contributed by atoms with Crippen molar-refractivity contribution in [2.24, 2.45) is 0 Å². The van der Waals surface area contributed by atoms with Gasteiger partial charge >= 0.3 is 6.01 Å². The number of benzene rings is 1. The van der Waals surface area contributed by atoms with Gasteiger partial charge in [0, 0.05) is 38.2 Å². The maximum Gasteiger partial charge on any atom is 0.318 e. The highest BCUT2D eigenvalue weighted by atomic mass is 16.4. The first-order valence-electron chi connectivity index (χ1n) is 7.61. The number of piperazine rings is 1. The zero-order valence-electron chi connectivity index (χ0n) is 13.0. The SMILES string of the molecule is CCc1nnc(N2CCN(C(=O)c3ccccc3C)CC2)o1. The third-order valence-corrected chi connectivity index (χ3v) is 3.97. The van der Waals surface area contributed by atoms with E-state index in [-0.39, 0.29) is 5.91 Å². The lowest BCUT2D eigenvalue weighted by Crippen LogP contribution is -2.49. The monoisotopic (exact) mass is 300 g/mol. The topological polar surface area (TPSA) is 62.5 Å². The first kappa shape index (κ1) is 14.6. The second kappa shape index (κ2) is 6.17. The normalized spacial score (nSPS) is 15.2. The van der Waals surface area contributed by atoms with E-state index in [2.05, 4.69) is 10.2 Å². The van der Waals surface area contributed by atoms with Crippen molar-refractivity contribution in [1.29, 1.82) is 0 Å². The van der Waals surface area contributed by atoms with E-state index in [1.54, 1.807) is 0 Å². The predicted molar refractivity (Wildman–Crippen MR) is 83.0 cm³/mol. The second-order valence-electron chi connectivity index (χ2n) is 5.43. The number of aryl methyl sites for hydroxylation is 2. The zero-order valence-corrected chi connectivity index (χ0v) is 13.0. The van der Waals surface area contributed by atoms with Gasteiger partial charge in [0.05, 0.1) is 0 Å². The van der Waals surface area contributed by atoms with Crippen LogP contribution in [0.3, 0.4) is 0 Å². The van der Waals surface area contributed by atoms with Crippen LogP contribution in [0.5, 0.6) is 0 Å². The van der Waals surface area contributed by atoms with Crippen LogP contribution in [0.4, 0.5) is 6.01 Å². The molecule has 1 aliphatic rings. The van der Waals surface area contributed by atoms with Crippen LogP contribution in [0.1, 0.15) is 28.7 Å². The average Bonchev–Trinajstić information content (AvgIpc) is 3.04. The molecule has 1 aliphatic heterocycles. The number of hydrogen-bond donors (Lipinski definition) is 0. The van der Waals surface area contributed by atoms with E-state index in [0.29, 0.717) is 38.1 Å². The van der Waals surface area contributed by atoms with Gasteiger partial charge in [-0.3, -0.25) is 4.79 Å². The molecule has 0 radical (unpaired) electrons. The van der Waals surface area contributed by atoms with Crippen molar-refractivity contribution >= 4 is 11.9 Å². The number of anilines is 1. The Balaban J connectivity index is 1.64. The average molecular weight is 300 g/mol. The molecule has 22 heavy (non-hydrogen) atoms. The highest BCUT2D eigenvalue weighted by molar-refractivity contribution is 5.95. The van der Waals surface area contributed by atoms with Crippen molar-refractivity contribution in [3.63, 3.8) is 0 Å². The van der Waals surface area contributed by atoms with Crippen LogP contribution in [0.15, 0.2) is 28.7 Å². The Morgan fingerprint density at radius 2 is 1.91 bits per heavy atom. The molecule has 1 aromatic heterocycles. The van der Waals surface area contributed by atoms with Crippen molar-refractivity contribution in [1.82, 2.24) is 15.1 Å². The number of rotatable bonds is 3. The Labute approximate surface area is 129 Å². The molecular formula is C16H20N4O2. The van der Waals surface area contributed by atoms with Gasteiger partial charge in [0.2, 0.25) is 5.89 Å². The van der Waals surface area contributed by atoms with Gasteiger partial charge in [0.15, 0.2) is 0 Å². The lowest BCUT2D eigenvalue weighted by molar-refractivity contribution is 0.0744. The molecule has 0 atom stereocenters. The first-order valence-corrected chi connectivity index (χ1v) is 7.61. The number of carbonyl (C=O) groups excluding carboxylic acids is 1. The minimum atomic E-state index is 0.0949. The summed E-state index contributed by atoms with van der Waals surface area (Å²) in [6, 6.07) is 8.26. The van der Waals surface area contributed by atoms with Crippen LogP contribution in [0.25, 0.3) is 0 Å². The molecule has 116 valence electrons. The summed E-state index contributed by atoms with van der Waals surface area (Å²) in [5.74, 6) is 0.742. The Morgan fingerprint density at radius 3 is 2.55 bits per heavy atom. The van der Waals surface area contributed by atoms with Gasteiger partial charge in [-0.2, -0.15) is 0 Å². The van der Waals surface area contributed by atoms with Crippen molar-refractivity contribution in [3.05, 3.63) is 41.3 Å². The lowest BCUT2D eigenvalue weighted by atomic mass is 10.1. The lowest BCUT2D eigenvalue weighted by Gasteiger charge is -2.33. The number of amides is 1. The molecule has 6 heteroatoms. The third kappa shape index (κ3) is 2.81. The molecule has 0 saturated carbocycles. The smallest absolute Gasteiger partial charge is 0.318 e. The molecule has 0 unspecified atom stereocenters. The Hall–Kier alpha value is -2.37. The summed E-state index contributed by atoms with van der Waals surface area (Å²) in [5.41, 5.74) is 1.79. The quantitative estimate of drug-likeness (QED) is 0.866. The summed E-state index contributed by atoms with van der Waals surface area (Å²) in [6.07, 6.45) is 0.735. The number of carbonyl (C=O) groups is 1. The van der Waals surface area contributed by atoms with Crippen molar-refractivity contribution in [2.75, 3.05) is 31.1 Å². The third-order valence-electron chi connectivity index (χ3n) is 3.97. The molecule has 2 heterocycles. The molecule has 3 rings (SSSR count). The minimum Gasteiger partial charge on any atom is -0.408 e. The number of hydrogen-bond acceptors (Lipinski definition) is 5. The van der Waals surface area contributed by atoms with Crippen LogP contribution in [0.2, 0.25) is 0 Å². The number of aromatic nitrogens is 2. The molecule has 2 aromatic rings. The molecule has 1 fully saturated rings. The van der Waals surface area contributed by atoms with Gasteiger partial charge in [-0.15, -0.1) is 5.10 Å². The van der Waals surface area contributed by atoms with Crippen molar-refractivity contribution in [2.45, 2.75) is 20.3 Å². The van der Waals surface area contributed by atoms with Gasteiger partial charge in [-0.05, 0) is 18.6 Å². The zero-order chi connectivity index (χ0) is 15.5. The summed E-state index contributed by atoms with van der Waals surface area (Å²) in [5, 5.41) is 8.04. The molecule has 1 saturated heterocycles. The molecule has 1 aromatic carbocycles. The van der Waals surface area contributed by atoms with Gasteiger partial charge in [-0.25, -0.2) is 0 Å². The molecule has 0 aliphatic carbocycles. The van der Waals surface area contributed by atoms with Gasteiger partial charge in [0.1, 0.15) is 0 Å². The second-order valence-corrected chi connectivity index (χ2v) is 5.43.